The predicted molar refractivity (Wildman–Crippen MR) is 51.6 cm³/mol. The summed E-state index contributed by atoms with van der Waals surface area (Å²) < 4.78 is 0. The lowest BCUT2D eigenvalue weighted by Crippen LogP contribution is -2.00. The van der Waals surface area contributed by atoms with Crippen molar-refractivity contribution in [3.63, 3.8) is 0 Å². The average Bonchev–Trinajstić information content (AvgIpc) is 2.05. The van der Waals surface area contributed by atoms with Crippen LogP contribution in [0.3, 0.4) is 0 Å². The van der Waals surface area contributed by atoms with Gasteiger partial charge in [0.2, 0.25) is 0 Å². The van der Waals surface area contributed by atoms with Crippen LogP contribution in [0.4, 0.5) is 0 Å². The lowest BCUT2D eigenvalue weighted by molar-refractivity contribution is 0.835. The zero-order chi connectivity index (χ0) is 8.97. The van der Waals surface area contributed by atoms with Crippen LogP contribution in [0.15, 0.2) is 29.5 Å². The number of hydrogen-bond acceptors (Lipinski definition) is 2. The van der Waals surface area contributed by atoms with Gasteiger partial charge in [-0.25, -0.2) is 0 Å². The molecule has 0 unspecified atom stereocenters. The third kappa shape index (κ3) is 2.46. The molecule has 64 valence electrons. The van der Waals surface area contributed by atoms with Gasteiger partial charge in [0.15, 0.2) is 0 Å². The fourth-order valence-corrected chi connectivity index (χ4v) is 1.04. The zero-order valence-corrected chi connectivity index (χ0v) is 7.78. The Bertz CT molecular complexity index is 262. The van der Waals surface area contributed by atoms with Crippen LogP contribution in [0.1, 0.15) is 26.3 Å². The first-order valence-corrected chi connectivity index (χ1v) is 4.15. The highest BCUT2D eigenvalue weighted by Gasteiger charge is 1.96. The molecular weight excluding hydrogens is 148 g/mol. The fourth-order valence-electron chi connectivity index (χ4n) is 1.04. The number of hydrogen-bond donors (Lipinski definition) is 0. The van der Waals surface area contributed by atoms with Gasteiger partial charge in [0.25, 0.3) is 0 Å². The second kappa shape index (κ2) is 4.00. The summed E-state index contributed by atoms with van der Waals surface area (Å²) >= 11 is 0. The highest BCUT2D eigenvalue weighted by Crippen LogP contribution is 2.00. The average molecular weight is 162 g/mol. The molecule has 1 rings (SSSR count). The van der Waals surface area contributed by atoms with Crippen LogP contribution in [0.2, 0.25) is 0 Å². The smallest absolute Gasteiger partial charge is 0.0446 e. The molecule has 1 aromatic heterocycles. The maximum absolute atomic E-state index is 4.42. The molecule has 1 aromatic rings. The summed E-state index contributed by atoms with van der Waals surface area (Å²) in [7, 11) is 0. The van der Waals surface area contributed by atoms with Crippen molar-refractivity contribution in [2.24, 2.45) is 4.99 Å². The van der Waals surface area contributed by atoms with E-state index in [1.807, 2.05) is 25.3 Å². The molecule has 12 heavy (non-hydrogen) atoms. The molecule has 0 amide bonds. The topological polar surface area (TPSA) is 25.2 Å². The van der Waals surface area contributed by atoms with Gasteiger partial charge in [-0.05, 0) is 26.8 Å². The van der Waals surface area contributed by atoms with Crippen molar-refractivity contribution in [1.29, 1.82) is 0 Å². The summed E-state index contributed by atoms with van der Waals surface area (Å²) in [4.78, 5) is 8.46. The van der Waals surface area contributed by atoms with Crippen LogP contribution in [-0.4, -0.2) is 16.7 Å². The molecule has 0 aromatic carbocycles. The molecule has 0 N–H and O–H groups in total. The molecule has 0 spiro atoms. The maximum Gasteiger partial charge on any atom is 0.0446 e. The SMILES string of the molecule is CC(=NC(C)C)c1cccnc1. The van der Waals surface area contributed by atoms with E-state index in [1.54, 1.807) is 6.20 Å². The quantitative estimate of drug-likeness (QED) is 0.612. The fraction of sp³-hybridized carbons (Fsp3) is 0.400. The Morgan fingerprint density at radius 3 is 2.75 bits per heavy atom. The summed E-state index contributed by atoms with van der Waals surface area (Å²) in [6, 6.07) is 4.30. The van der Waals surface area contributed by atoms with E-state index in [2.05, 4.69) is 23.8 Å². The molecule has 2 nitrogen and oxygen atoms in total. The Kier molecular flexibility index (Phi) is 2.97. The predicted octanol–water partition coefficient (Wildman–Crippen LogP) is 2.30. The van der Waals surface area contributed by atoms with Gasteiger partial charge >= 0.3 is 0 Å². The van der Waals surface area contributed by atoms with Gasteiger partial charge in [-0.1, -0.05) is 6.07 Å². The van der Waals surface area contributed by atoms with Crippen molar-refractivity contribution in [2.75, 3.05) is 0 Å². The molecule has 0 radical (unpaired) electrons. The Balaban J connectivity index is 2.85. The summed E-state index contributed by atoms with van der Waals surface area (Å²) in [6.45, 7) is 6.15. The molecule has 0 aliphatic carbocycles. The zero-order valence-electron chi connectivity index (χ0n) is 7.78. The van der Waals surface area contributed by atoms with Crippen molar-refractivity contribution in [1.82, 2.24) is 4.98 Å². The van der Waals surface area contributed by atoms with Crippen LogP contribution in [0.5, 0.6) is 0 Å². The van der Waals surface area contributed by atoms with E-state index in [0.29, 0.717) is 6.04 Å². The van der Waals surface area contributed by atoms with Gasteiger partial charge in [0.1, 0.15) is 0 Å². The van der Waals surface area contributed by atoms with E-state index in [-0.39, 0.29) is 0 Å². The normalized spacial score (nSPS) is 12.2. The van der Waals surface area contributed by atoms with Crippen LogP contribution in [0.25, 0.3) is 0 Å². The second-order valence-corrected chi connectivity index (χ2v) is 3.05. The van der Waals surface area contributed by atoms with Crippen LogP contribution in [-0.2, 0) is 0 Å². The molecule has 0 fully saturated rings. The van der Waals surface area contributed by atoms with E-state index in [4.69, 9.17) is 0 Å². The molecule has 0 atom stereocenters. The lowest BCUT2D eigenvalue weighted by atomic mass is 10.2. The molecule has 0 saturated heterocycles. The molecule has 0 aliphatic heterocycles. The summed E-state index contributed by atoms with van der Waals surface area (Å²) in [5.74, 6) is 0. The van der Waals surface area contributed by atoms with Crippen LogP contribution in [0, 0.1) is 0 Å². The third-order valence-electron chi connectivity index (χ3n) is 1.53. The largest absolute Gasteiger partial charge is 0.287 e. The Labute approximate surface area is 73.4 Å². The molecule has 0 aliphatic rings. The number of aliphatic imine (C=N–C) groups is 1. The highest BCUT2D eigenvalue weighted by atomic mass is 14.8. The molecule has 0 saturated carbocycles. The number of pyridine rings is 1. The van der Waals surface area contributed by atoms with E-state index in [0.717, 1.165) is 11.3 Å². The Morgan fingerprint density at radius 2 is 2.25 bits per heavy atom. The number of nitrogens with zero attached hydrogens (tertiary/aromatic N) is 2. The molecular formula is C10H14N2. The van der Waals surface area contributed by atoms with Gasteiger partial charge in [0.05, 0.1) is 0 Å². The first-order chi connectivity index (χ1) is 5.70. The van der Waals surface area contributed by atoms with E-state index < -0.39 is 0 Å². The van der Waals surface area contributed by atoms with E-state index >= 15 is 0 Å². The summed E-state index contributed by atoms with van der Waals surface area (Å²) in [6.07, 6.45) is 3.60. The van der Waals surface area contributed by atoms with Crippen molar-refractivity contribution in [3.8, 4) is 0 Å². The highest BCUT2D eigenvalue weighted by molar-refractivity contribution is 5.98. The van der Waals surface area contributed by atoms with Gasteiger partial charge in [-0.3, -0.25) is 9.98 Å². The number of rotatable bonds is 2. The summed E-state index contributed by atoms with van der Waals surface area (Å²) in [5, 5.41) is 0. The lowest BCUT2D eigenvalue weighted by Gasteiger charge is -2.01. The van der Waals surface area contributed by atoms with Gasteiger partial charge < -0.3 is 0 Å². The summed E-state index contributed by atoms with van der Waals surface area (Å²) in [5.41, 5.74) is 2.16. The van der Waals surface area contributed by atoms with Crippen molar-refractivity contribution >= 4 is 5.71 Å². The van der Waals surface area contributed by atoms with Crippen LogP contribution < -0.4 is 0 Å². The minimum Gasteiger partial charge on any atom is -0.287 e. The number of aromatic nitrogens is 1. The molecule has 0 bridgehead atoms. The van der Waals surface area contributed by atoms with E-state index in [9.17, 15) is 0 Å². The Hall–Kier alpha value is -1.18. The van der Waals surface area contributed by atoms with Crippen molar-refractivity contribution in [2.45, 2.75) is 26.8 Å². The third-order valence-corrected chi connectivity index (χ3v) is 1.53. The molecule has 2 heteroatoms. The first kappa shape index (κ1) is 8.91. The second-order valence-electron chi connectivity index (χ2n) is 3.05. The van der Waals surface area contributed by atoms with Crippen molar-refractivity contribution < 1.29 is 0 Å². The monoisotopic (exact) mass is 162 g/mol. The van der Waals surface area contributed by atoms with Crippen molar-refractivity contribution in [3.05, 3.63) is 30.1 Å². The minimum absolute atomic E-state index is 0.352. The standard InChI is InChI=1S/C10H14N2/c1-8(2)12-9(3)10-5-4-6-11-7-10/h4-8H,1-3H3. The maximum atomic E-state index is 4.42. The minimum atomic E-state index is 0.352. The Morgan fingerprint density at radius 1 is 1.50 bits per heavy atom. The van der Waals surface area contributed by atoms with E-state index in [1.165, 1.54) is 0 Å². The first-order valence-electron chi connectivity index (χ1n) is 4.15. The van der Waals surface area contributed by atoms with Gasteiger partial charge in [0, 0.05) is 29.7 Å². The van der Waals surface area contributed by atoms with Gasteiger partial charge in [-0.15, -0.1) is 0 Å². The van der Waals surface area contributed by atoms with Crippen LogP contribution >= 0.6 is 0 Å². The molecule has 1 heterocycles. The van der Waals surface area contributed by atoms with Gasteiger partial charge in [-0.2, -0.15) is 0 Å².